The van der Waals surface area contributed by atoms with Gasteiger partial charge in [0.25, 0.3) is 11.8 Å². The molecular formula is C15H12N2O4. The molecule has 106 valence electrons. The summed E-state index contributed by atoms with van der Waals surface area (Å²) in [5.41, 5.74) is 1.27. The van der Waals surface area contributed by atoms with Gasteiger partial charge in [-0.15, -0.1) is 0 Å². The number of imide groups is 2. The first-order valence-corrected chi connectivity index (χ1v) is 6.53. The van der Waals surface area contributed by atoms with Crippen LogP contribution in [0.15, 0.2) is 36.4 Å². The second-order valence-corrected chi connectivity index (χ2v) is 5.03. The molecule has 1 unspecified atom stereocenters. The number of carbonyl (C=O) groups excluding carboxylic acids is 4. The van der Waals surface area contributed by atoms with Crippen molar-refractivity contribution in [1.82, 2.24) is 5.32 Å². The van der Waals surface area contributed by atoms with Crippen molar-refractivity contribution in [3.63, 3.8) is 0 Å². The van der Waals surface area contributed by atoms with E-state index in [4.69, 9.17) is 0 Å². The van der Waals surface area contributed by atoms with E-state index in [0.717, 1.165) is 10.5 Å². The molecule has 4 amide bonds. The van der Waals surface area contributed by atoms with Crippen molar-refractivity contribution < 1.29 is 19.2 Å². The lowest BCUT2D eigenvalue weighted by atomic mass is 9.97. The minimum Gasteiger partial charge on any atom is -0.296 e. The Bertz CT molecular complexity index is 675. The van der Waals surface area contributed by atoms with Gasteiger partial charge in [-0.3, -0.25) is 24.5 Å². The molecule has 0 saturated carbocycles. The first-order chi connectivity index (χ1) is 10.0. The lowest BCUT2D eigenvalue weighted by molar-refractivity contribution is -0.126. The molecule has 0 radical (unpaired) electrons. The lowest BCUT2D eigenvalue weighted by Crippen LogP contribution is -2.29. The monoisotopic (exact) mass is 284 g/mol. The van der Waals surface area contributed by atoms with Gasteiger partial charge in [0, 0.05) is 18.6 Å². The summed E-state index contributed by atoms with van der Waals surface area (Å²) in [5.74, 6) is -1.71. The molecule has 0 bridgehead atoms. The molecule has 1 aromatic rings. The van der Waals surface area contributed by atoms with Crippen molar-refractivity contribution in [3.05, 3.63) is 42.0 Å². The number of nitrogens with zero attached hydrogens (tertiary/aromatic N) is 1. The van der Waals surface area contributed by atoms with Gasteiger partial charge >= 0.3 is 0 Å². The van der Waals surface area contributed by atoms with Crippen LogP contribution in [0.4, 0.5) is 5.69 Å². The number of hydrogen-bond acceptors (Lipinski definition) is 4. The van der Waals surface area contributed by atoms with E-state index in [2.05, 4.69) is 5.32 Å². The molecule has 1 fully saturated rings. The predicted molar refractivity (Wildman–Crippen MR) is 73.0 cm³/mol. The maximum atomic E-state index is 11.6. The molecule has 1 N–H and O–H groups in total. The molecule has 0 aliphatic carbocycles. The molecule has 6 heteroatoms. The maximum absolute atomic E-state index is 11.6. The Balaban J connectivity index is 1.81. The first kappa shape index (κ1) is 13.2. The quantitative estimate of drug-likeness (QED) is 0.810. The molecule has 0 aromatic heterocycles. The van der Waals surface area contributed by atoms with Crippen molar-refractivity contribution >= 4 is 29.3 Å². The van der Waals surface area contributed by atoms with Crippen LogP contribution in [0.5, 0.6) is 0 Å². The van der Waals surface area contributed by atoms with Gasteiger partial charge in [0.15, 0.2) is 0 Å². The minimum atomic E-state index is -0.393. The normalized spacial score (nSPS) is 21.3. The van der Waals surface area contributed by atoms with Gasteiger partial charge in [-0.1, -0.05) is 12.1 Å². The summed E-state index contributed by atoms with van der Waals surface area (Å²) in [6, 6.07) is 6.88. The maximum Gasteiger partial charge on any atom is 0.258 e. The highest BCUT2D eigenvalue weighted by atomic mass is 16.2. The van der Waals surface area contributed by atoms with Gasteiger partial charge in [-0.2, -0.15) is 0 Å². The Hall–Kier alpha value is -2.76. The van der Waals surface area contributed by atoms with Crippen molar-refractivity contribution in [2.45, 2.75) is 12.8 Å². The summed E-state index contributed by atoms with van der Waals surface area (Å²) in [4.78, 5) is 47.1. The number of carbonyl (C=O) groups is 4. The van der Waals surface area contributed by atoms with E-state index in [9.17, 15) is 19.2 Å². The van der Waals surface area contributed by atoms with Crippen molar-refractivity contribution in [2.24, 2.45) is 5.92 Å². The van der Waals surface area contributed by atoms with Crippen molar-refractivity contribution in [3.8, 4) is 0 Å². The highest BCUT2D eigenvalue weighted by Gasteiger charge is 2.31. The number of rotatable bonds is 3. The molecule has 0 spiro atoms. The van der Waals surface area contributed by atoms with Gasteiger partial charge in [0.2, 0.25) is 11.8 Å². The van der Waals surface area contributed by atoms with E-state index < -0.39 is 5.92 Å². The highest BCUT2D eigenvalue weighted by molar-refractivity contribution is 6.28. The Morgan fingerprint density at radius 3 is 2.43 bits per heavy atom. The SMILES string of the molecule is O=C1CC(Cc2cccc(N3C(=O)C=CC3=O)c2)C(=O)N1. The summed E-state index contributed by atoms with van der Waals surface area (Å²) >= 11 is 0. The Kier molecular flexibility index (Phi) is 3.13. The van der Waals surface area contributed by atoms with Gasteiger partial charge in [-0.25, -0.2) is 4.90 Å². The second kappa shape index (κ2) is 4.97. The van der Waals surface area contributed by atoms with Crippen LogP contribution < -0.4 is 10.2 Å². The van der Waals surface area contributed by atoms with Crippen molar-refractivity contribution in [2.75, 3.05) is 4.90 Å². The average Bonchev–Trinajstić information content (AvgIpc) is 2.93. The van der Waals surface area contributed by atoms with E-state index >= 15 is 0 Å². The van der Waals surface area contributed by atoms with E-state index in [-0.39, 0.29) is 30.0 Å². The number of benzene rings is 1. The van der Waals surface area contributed by atoms with Crippen LogP contribution in [0.1, 0.15) is 12.0 Å². The zero-order chi connectivity index (χ0) is 15.0. The zero-order valence-electron chi connectivity index (χ0n) is 11.0. The van der Waals surface area contributed by atoms with Crippen molar-refractivity contribution in [1.29, 1.82) is 0 Å². The van der Waals surface area contributed by atoms with Crippen LogP contribution in [-0.2, 0) is 25.6 Å². The molecule has 3 rings (SSSR count). The first-order valence-electron chi connectivity index (χ1n) is 6.53. The topological polar surface area (TPSA) is 83.6 Å². The van der Waals surface area contributed by atoms with Crippen LogP contribution in [-0.4, -0.2) is 23.6 Å². The van der Waals surface area contributed by atoms with Crippen LogP contribution >= 0.6 is 0 Å². The molecule has 1 saturated heterocycles. The fourth-order valence-corrected chi connectivity index (χ4v) is 2.53. The molecule has 2 aliphatic heterocycles. The number of anilines is 1. The molecule has 2 aliphatic rings. The molecule has 2 heterocycles. The third kappa shape index (κ3) is 2.47. The fourth-order valence-electron chi connectivity index (χ4n) is 2.53. The fraction of sp³-hybridized carbons (Fsp3) is 0.200. The smallest absolute Gasteiger partial charge is 0.258 e. The minimum absolute atomic E-state index is 0.173. The average molecular weight is 284 g/mol. The summed E-state index contributed by atoms with van der Waals surface area (Å²) in [5, 5.41) is 2.26. The Morgan fingerprint density at radius 2 is 1.81 bits per heavy atom. The number of amides is 4. The zero-order valence-corrected chi connectivity index (χ0v) is 11.0. The highest BCUT2D eigenvalue weighted by Crippen LogP contribution is 2.23. The van der Waals surface area contributed by atoms with Gasteiger partial charge in [0.05, 0.1) is 11.6 Å². The second-order valence-electron chi connectivity index (χ2n) is 5.03. The van der Waals surface area contributed by atoms with E-state index in [1.54, 1.807) is 24.3 Å². The lowest BCUT2D eigenvalue weighted by Gasteiger charge is -2.15. The molecule has 1 aromatic carbocycles. The van der Waals surface area contributed by atoms with Crippen LogP contribution in [0.3, 0.4) is 0 Å². The third-order valence-electron chi connectivity index (χ3n) is 3.53. The number of nitrogens with one attached hydrogen (secondary N) is 1. The summed E-state index contributed by atoms with van der Waals surface area (Å²) in [6.45, 7) is 0. The molecular weight excluding hydrogens is 272 g/mol. The molecule has 1 atom stereocenters. The van der Waals surface area contributed by atoms with Gasteiger partial charge in [-0.05, 0) is 24.1 Å². The van der Waals surface area contributed by atoms with Gasteiger partial charge < -0.3 is 0 Å². The third-order valence-corrected chi connectivity index (χ3v) is 3.53. The number of hydrogen-bond donors (Lipinski definition) is 1. The van der Waals surface area contributed by atoms with Crippen LogP contribution in [0.25, 0.3) is 0 Å². The predicted octanol–water partition coefficient (Wildman–Crippen LogP) is 0.321. The van der Waals surface area contributed by atoms with Crippen LogP contribution in [0, 0.1) is 5.92 Å². The Morgan fingerprint density at radius 1 is 1.10 bits per heavy atom. The summed E-state index contributed by atoms with van der Waals surface area (Å²) in [6.07, 6.45) is 3.01. The van der Waals surface area contributed by atoms with E-state index in [1.807, 2.05) is 0 Å². The molecule has 6 nitrogen and oxygen atoms in total. The van der Waals surface area contributed by atoms with E-state index in [1.165, 1.54) is 12.2 Å². The summed E-state index contributed by atoms with van der Waals surface area (Å²) < 4.78 is 0. The van der Waals surface area contributed by atoms with Gasteiger partial charge in [0.1, 0.15) is 0 Å². The summed E-state index contributed by atoms with van der Waals surface area (Å²) in [7, 11) is 0. The van der Waals surface area contributed by atoms with Crippen LogP contribution in [0.2, 0.25) is 0 Å². The van der Waals surface area contributed by atoms with E-state index in [0.29, 0.717) is 12.1 Å². The Labute approximate surface area is 120 Å². The standard InChI is InChI=1S/C15H12N2O4/c18-12-8-10(15(21)16-12)6-9-2-1-3-11(7-9)17-13(19)4-5-14(17)20/h1-5,7,10H,6,8H2,(H,16,18,21). The molecule has 21 heavy (non-hydrogen) atoms. The largest absolute Gasteiger partial charge is 0.296 e.